The van der Waals surface area contributed by atoms with Crippen molar-refractivity contribution < 1.29 is 19.0 Å². The average Bonchev–Trinajstić information content (AvgIpc) is 3.41. The fourth-order valence-electron chi connectivity index (χ4n) is 2.42. The van der Waals surface area contributed by atoms with Crippen LogP contribution in [0, 0.1) is 5.92 Å². The number of hydrogen-bond acceptors (Lipinski definition) is 6. The summed E-state index contributed by atoms with van der Waals surface area (Å²) in [6.45, 7) is 2.33. The Hall–Kier alpha value is -2.86. The van der Waals surface area contributed by atoms with Crippen molar-refractivity contribution in [2.24, 2.45) is 5.92 Å². The largest absolute Gasteiger partial charge is 0.493 e. The number of thiazole rings is 1. The topological polar surface area (TPSA) is 57.7 Å². The van der Waals surface area contributed by atoms with E-state index in [1.165, 1.54) is 31.1 Å². The molecule has 138 valence electrons. The Morgan fingerprint density at radius 3 is 2.30 bits per heavy atom. The molecular weight excluding hydrogens is 362 g/mol. The molecule has 0 atom stereocenters. The molecule has 0 bridgehead atoms. The SMILES string of the molecule is CC(=O)c1ccc(Oc2cnc(Oc3ccc(OCC4CC4)cc3)s2)cc1. The predicted molar refractivity (Wildman–Crippen MR) is 103 cm³/mol. The molecule has 1 saturated carbocycles. The minimum absolute atomic E-state index is 0.0268. The Bertz CT molecular complexity index is 914. The lowest BCUT2D eigenvalue weighted by Crippen LogP contribution is -1.98. The average molecular weight is 381 g/mol. The zero-order valence-corrected chi connectivity index (χ0v) is 15.7. The van der Waals surface area contributed by atoms with E-state index in [1.807, 2.05) is 24.3 Å². The molecule has 6 heteroatoms. The molecule has 4 rings (SSSR count). The second-order valence-corrected chi connectivity index (χ2v) is 7.41. The van der Waals surface area contributed by atoms with Crippen molar-refractivity contribution in [1.29, 1.82) is 0 Å². The molecular formula is C21H19NO4S. The van der Waals surface area contributed by atoms with Crippen LogP contribution in [0.15, 0.2) is 54.7 Å². The number of carbonyl (C=O) groups is 1. The molecule has 1 fully saturated rings. The van der Waals surface area contributed by atoms with Crippen LogP contribution in [0.3, 0.4) is 0 Å². The summed E-state index contributed by atoms with van der Waals surface area (Å²) in [5.74, 6) is 2.95. The van der Waals surface area contributed by atoms with Crippen LogP contribution in [0.2, 0.25) is 0 Å². The van der Waals surface area contributed by atoms with Gasteiger partial charge < -0.3 is 14.2 Å². The molecule has 3 aromatic rings. The van der Waals surface area contributed by atoms with Gasteiger partial charge in [-0.25, -0.2) is 4.98 Å². The first-order chi connectivity index (χ1) is 13.2. The lowest BCUT2D eigenvalue weighted by molar-refractivity contribution is 0.101. The van der Waals surface area contributed by atoms with Crippen LogP contribution in [0.5, 0.6) is 27.5 Å². The number of carbonyl (C=O) groups excluding carboxylic acids is 1. The molecule has 0 aliphatic heterocycles. The smallest absolute Gasteiger partial charge is 0.282 e. The molecule has 0 radical (unpaired) electrons. The molecule has 1 aromatic heterocycles. The predicted octanol–water partition coefficient (Wildman–Crippen LogP) is 5.72. The highest BCUT2D eigenvalue weighted by atomic mass is 32.1. The summed E-state index contributed by atoms with van der Waals surface area (Å²) < 4.78 is 17.2. The first-order valence-corrected chi connectivity index (χ1v) is 9.63. The zero-order valence-electron chi connectivity index (χ0n) is 14.9. The third kappa shape index (κ3) is 4.86. The van der Waals surface area contributed by atoms with Crippen molar-refractivity contribution in [3.63, 3.8) is 0 Å². The molecule has 5 nitrogen and oxygen atoms in total. The van der Waals surface area contributed by atoms with E-state index >= 15 is 0 Å². The summed E-state index contributed by atoms with van der Waals surface area (Å²) in [6, 6.07) is 14.5. The standard InChI is InChI=1S/C21H19NO4S/c1-14(23)16-4-6-18(7-5-16)25-20-12-22-21(27-20)26-19-10-8-17(9-11-19)24-13-15-2-3-15/h4-12,15H,2-3,13H2,1H3. The first-order valence-electron chi connectivity index (χ1n) is 8.81. The van der Waals surface area contributed by atoms with Gasteiger partial charge in [0.2, 0.25) is 5.06 Å². The van der Waals surface area contributed by atoms with Gasteiger partial charge in [-0.05, 0) is 85.6 Å². The van der Waals surface area contributed by atoms with Gasteiger partial charge >= 0.3 is 0 Å². The summed E-state index contributed by atoms with van der Waals surface area (Å²) in [6.07, 6.45) is 4.17. The van der Waals surface area contributed by atoms with Gasteiger partial charge in [-0.3, -0.25) is 4.79 Å². The lowest BCUT2D eigenvalue weighted by atomic mass is 10.1. The third-order valence-electron chi connectivity index (χ3n) is 4.15. The van der Waals surface area contributed by atoms with Crippen molar-refractivity contribution >= 4 is 17.1 Å². The van der Waals surface area contributed by atoms with Crippen LogP contribution in [0.1, 0.15) is 30.1 Å². The van der Waals surface area contributed by atoms with E-state index in [9.17, 15) is 4.79 Å². The normalized spacial score (nSPS) is 13.2. The van der Waals surface area contributed by atoms with Crippen molar-refractivity contribution in [2.45, 2.75) is 19.8 Å². The van der Waals surface area contributed by atoms with Gasteiger partial charge in [0.15, 0.2) is 5.78 Å². The van der Waals surface area contributed by atoms with Crippen LogP contribution in [-0.2, 0) is 0 Å². The van der Waals surface area contributed by atoms with E-state index < -0.39 is 0 Å². The van der Waals surface area contributed by atoms with Crippen LogP contribution in [-0.4, -0.2) is 17.4 Å². The van der Waals surface area contributed by atoms with E-state index in [0.29, 0.717) is 27.3 Å². The van der Waals surface area contributed by atoms with Gasteiger partial charge in [-0.2, -0.15) is 0 Å². The first kappa shape index (κ1) is 17.5. The van der Waals surface area contributed by atoms with E-state index in [0.717, 1.165) is 18.3 Å². The molecule has 1 heterocycles. The molecule has 2 aromatic carbocycles. The molecule has 27 heavy (non-hydrogen) atoms. The molecule has 0 unspecified atom stereocenters. The Morgan fingerprint density at radius 1 is 1.00 bits per heavy atom. The summed E-state index contributed by atoms with van der Waals surface area (Å²) in [7, 11) is 0. The molecule has 0 saturated heterocycles. The summed E-state index contributed by atoms with van der Waals surface area (Å²) >= 11 is 1.31. The molecule has 1 aliphatic carbocycles. The third-order valence-corrected chi connectivity index (χ3v) is 4.91. The number of ether oxygens (including phenoxy) is 3. The molecule has 0 spiro atoms. The van der Waals surface area contributed by atoms with Crippen molar-refractivity contribution in [2.75, 3.05) is 6.61 Å². The van der Waals surface area contributed by atoms with Gasteiger partial charge in [0, 0.05) is 5.56 Å². The quantitative estimate of drug-likeness (QED) is 0.467. The van der Waals surface area contributed by atoms with Gasteiger partial charge in [0.25, 0.3) is 5.19 Å². The Balaban J connectivity index is 1.33. The van der Waals surface area contributed by atoms with Gasteiger partial charge in [-0.1, -0.05) is 0 Å². The fraction of sp³-hybridized carbons (Fsp3) is 0.238. The number of nitrogens with zero attached hydrogens (tertiary/aromatic N) is 1. The highest BCUT2D eigenvalue weighted by Crippen LogP contribution is 2.35. The highest BCUT2D eigenvalue weighted by Gasteiger charge is 2.21. The Kier molecular flexibility index (Phi) is 5.07. The number of benzene rings is 2. The summed E-state index contributed by atoms with van der Waals surface area (Å²) in [4.78, 5) is 15.5. The lowest BCUT2D eigenvalue weighted by Gasteiger charge is -2.06. The van der Waals surface area contributed by atoms with Crippen LogP contribution < -0.4 is 14.2 Å². The Morgan fingerprint density at radius 2 is 1.63 bits per heavy atom. The number of Topliss-reactive ketones (excluding diaryl/α,β-unsaturated/α-hetero) is 1. The minimum Gasteiger partial charge on any atom is -0.493 e. The zero-order chi connectivity index (χ0) is 18.6. The summed E-state index contributed by atoms with van der Waals surface area (Å²) in [5, 5.41) is 1.11. The number of aromatic nitrogens is 1. The number of rotatable bonds is 8. The summed E-state index contributed by atoms with van der Waals surface area (Å²) in [5.41, 5.74) is 0.653. The maximum absolute atomic E-state index is 11.3. The van der Waals surface area contributed by atoms with Crippen LogP contribution in [0.25, 0.3) is 0 Å². The fourth-order valence-corrected chi connectivity index (χ4v) is 3.07. The molecule has 1 aliphatic rings. The van der Waals surface area contributed by atoms with Gasteiger partial charge in [0.1, 0.15) is 17.2 Å². The van der Waals surface area contributed by atoms with E-state index in [2.05, 4.69) is 4.98 Å². The van der Waals surface area contributed by atoms with E-state index in [-0.39, 0.29) is 5.78 Å². The minimum atomic E-state index is 0.0268. The maximum atomic E-state index is 11.3. The van der Waals surface area contributed by atoms with Crippen LogP contribution >= 0.6 is 11.3 Å². The highest BCUT2D eigenvalue weighted by molar-refractivity contribution is 7.15. The monoisotopic (exact) mass is 381 g/mol. The number of hydrogen-bond donors (Lipinski definition) is 0. The van der Waals surface area contributed by atoms with Crippen molar-refractivity contribution in [3.8, 4) is 27.5 Å². The molecule has 0 amide bonds. The Labute approximate surface area is 161 Å². The molecule has 0 N–H and O–H groups in total. The van der Waals surface area contributed by atoms with Gasteiger partial charge in [0.05, 0.1) is 12.8 Å². The number of ketones is 1. The van der Waals surface area contributed by atoms with E-state index in [4.69, 9.17) is 14.2 Å². The maximum Gasteiger partial charge on any atom is 0.282 e. The van der Waals surface area contributed by atoms with Gasteiger partial charge in [-0.15, -0.1) is 0 Å². The van der Waals surface area contributed by atoms with E-state index in [1.54, 1.807) is 30.5 Å². The van der Waals surface area contributed by atoms with Crippen LogP contribution in [0.4, 0.5) is 0 Å². The van der Waals surface area contributed by atoms with Crippen molar-refractivity contribution in [3.05, 3.63) is 60.3 Å². The second kappa shape index (κ2) is 7.80. The van der Waals surface area contributed by atoms with Crippen molar-refractivity contribution in [1.82, 2.24) is 4.98 Å². The second-order valence-electron chi connectivity index (χ2n) is 6.46.